The number of nitrogens with zero attached hydrogens (tertiary/aromatic N) is 3. The highest BCUT2D eigenvalue weighted by atomic mass is 32.1. The lowest BCUT2D eigenvalue weighted by atomic mass is 9.83. The molecule has 37 heavy (non-hydrogen) atoms. The Morgan fingerprint density at radius 3 is 2.76 bits per heavy atom. The van der Waals surface area contributed by atoms with Crippen LogP contribution in [0.4, 0.5) is 27.0 Å². The molecule has 1 unspecified atom stereocenters. The maximum atomic E-state index is 16.3. The number of fused-ring (bicyclic) bond motifs is 2. The molecule has 0 saturated carbocycles. The molecule has 1 aromatic heterocycles. The molecule has 5 rings (SSSR count). The Morgan fingerprint density at radius 2 is 2.05 bits per heavy atom. The Bertz CT molecular complexity index is 1440. The molecule has 0 bridgehead atoms. The van der Waals surface area contributed by atoms with Gasteiger partial charge in [0.05, 0.1) is 29.6 Å². The number of methoxy groups -OCH3 is 1. The average Bonchev–Trinajstić information content (AvgIpc) is 3.02. The number of nitrogens with one attached hydrogen (secondary N) is 1. The predicted molar refractivity (Wildman–Crippen MR) is 128 cm³/mol. The summed E-state index contributed by atoms with van der Waals surface area (Å²) in [5.41, 5.74) is 3.22. The van der Waals surface area contributed by atoms with Crippen molar-refractivity contribution in [3.8, 4) is 6.07 Å². The number of alkyl halides is 3. The minimum Gasteiger partial charge on any atom is -0.468 e. The molecular formula is C24H20F5N5O2S. The van der Waals surface area contributed by atoms with Crippen LogP contribution in [0.1, 0.15) is 17.5 Å². The predicted octanol–water partition coefficient (Wildman–Crippen LogP) is 4.59. The number of anilines is 1. The molecule has 3 aliphatic rings. The molecule has 1 saturated heterocycles. The number of hydrogen-bond acceptors (Lipinski definition) is 8. The van der Waals surface area contributed by atoms with Crippen molar-refractivity contribution in [2.75, 3.05) is 39.1 Å². The van der Waals surface area contributed by atoms with Gasteiger partial charge < -0.3 is 20.1 Å². The highest BCUT2D eigenvalue weighted by Crippen LogP contribution is 2.49. The third kappa shape index (κ3) is 4.19. The molecule has 7 nitrogen and oxygen atoms in total. The summed E-state index contributed by atoms with van der Waals surface area (Å²) in [6.45, 7) is 1.65. The number of amidine groups is 1. The first-order valence-electron chi connectivity index (χ1n) is 11.2. The number of hydrogen-bond donors (Lipinski definition) is 2. The Kier molecular flexibility index (Phi) is 6.33. The summed E-state index contributed by atoms with van der Waals surface area (Å²) in [5.74, 6) is -1.75. The minimum atomic E-state index is -4.99. The van der Waals surface area contributed by atoms with Crippen molar-refractivity contribution in [2.45, 2.75) is 18.6 Å². The van der Waals surface area contributed by atoms with Crippen LogP contribution < -0.4 is 11.1 Å². The zero-order chi connectivity index (χ0) is 26.5. The number of benzene rings is 1. The zero-order valence-corrected chi connectivity index (χ0v) is 20.2. The highest BCUT2D eigenvalue weighted by Gasteiger charge is 2.45. The van der Waals surface area contributed by atoms with Crippen LogP contribution in [0.5, 0.6) is 0 Å². The number of nitrogen functional groups attached to an aromatic ring is 1. The van der Waals surface area contributed by atoms with Crippen LogP contribution in [-0.4, -0.2) is 56.6 Å². The van der Waals surface area contributed by atoms with Gasteiger partial charge in [-0.2, -0.15) is 18.4 Å². The van der Waals surface area contributed by atoms with Gasteiger partial charge in [-0.05, 0) is 24.1 Å². The number of nitrogens with two attached hydrogens (primary N) is 1. The lowest BCUT2D eigenvalue weighted by molar-refractivity contribution is -0.0874. The molecular weight excluding hydrogens is 517 g/mol. The van der Waals surface area contributed by atoms with Gasteiger partial charge in [0.25, 0.3) is 6.02 Å². The van der Waals surface area contributed by atoms with E-state index < -0.39 is 35.0 Å². The van der Waals surface area contributed by atoms with Crippen molar-refractivity contribution in [1.82, 2.24) is 10.2 Å². The van der Waals surface area contributed by atoms with E-state index in [-0.39, 0.29) is 43.6 Å². The van der Waals surface area contributed by atoms with E-state index in [4.69, 9.17) is 15.2 Å². The average molecular weight is 538 g/mol. The van der Waals surface area contributed by atoms with Crippen molar-refractivity contribution >= 4 is 38.0 Å². The first kappa shape index (κ1) is 25.0. The van der Waals surface area contributed by atoms with Crippen molar-refractivity contribution < 1.29 is 31.4 Å². The molecule has 1 fully saturated rings. The number of ether oxygens (including phenoxy) is 2. The van der Waals surface area contributed by atoms with Crippen molar-refractivity contribution in [1.29, 1.82) is 5.26 Å². The maximum Gasteiger partial charge on any atom is 0.417 e. The number of rotatable bonds is 2. The molecule has 194 valence electrons. The van der Waals surface area contributed by atoms with E-state index in [1.807, 2.05) is 6.07 Å². The third-order valence-corrected chi connectivity index (χ3v) is 7.35. The van der Waals surface area contributed by atoms with Crippen LogP contribution in [0.2, 0.25) is 0 Å². The van der Waals surface area contributed by atoms with Gasteiger partial charge in [0.1, 0.15) is 34.6 Å². The second-order valence-corrected chi connectivity index (χ2v) is 9.51. The van der Waals surface area contributed by atoms with Crippen molar-refractivity contribution in [3.63, 3.8) is 0 Å². The molecule has 2 aliphatic heterocycles. The van der Waals surface area contributed by atoms with E-state index in [2.05, 4.69) is 10.3 Å². The summed E-state index contributed by atoms with van der Waals surface area (Å²) >= 11 is 0.715. The standard InChI is InChI=1S/C24H20F5N5O2S/c1-35-23-32-19-12(22(33-23)34-5-2-7-36-8-6-34)9-14(24(27,28)29)17(18(19)26)11-3-4-15(25)20-16(11)13(10-30)21(31)37-20/h3-4,9,19H,2,5-8,31H2,1H3,(H,32,33). The molecule has 0 radical (unpaired) electrons. The number of thiophene rings is 1. The molecule has 0 amide bonds. The quantitative estimate of drug-likeness (QED) is 0.545. The Hall–Kier alpha value is -3.63. The number of allylic oxidation sites excluding steroid dienone is 2. The topological polar surface area (TPSA) is 95.9 Å². The molecule has 2 aromatic rings. The van der Waals surface area contributed by atoms with Crippen LogP contribution >= 0.6 is 11.3 Å². The van der Waals surface area contributed by atoms with E-state index >= 15 is 4.39 Å². The van der Waals surface area contributed by atoms with Gasteiger partial charge in [-0.3, -0.25) is 5.32 Å². The van der Waals surface area contributed by atoms with Crippen LogP contribution in [-0.2, 0) is 9.47 Å². The van der Waals surface area contributed by atoms with Gasteiger partial charge in [0.15, 0.2) is 0 Å². The van der Waals surface area contributed by atoms with Crippen molar-refractivity contribution in [3.05, 3.63) is 57.9 Å². The highest BCUT2D eigenvalue weighted by molar-refractivity contribution is 7.23. The van der Waals surface area contributed by atoms with Gasteiger partial charge in [-0.25, -0.2) is 13.8 Å². The SMILES string of the molecule is COC1=NC2C(F)=C(c3ccc(F)c4sc(N)c(C#N)c34)C(C(F)(F)F)=CC2=C(N2CCCOCC2)N1. The molecule has 1 aromatic carbocycles. The lowest BCUT2D eigenvalue weighted by Gasteiger charge is -2.35. The Balaban J connectivity index is 1.79. The summed E-state index contributed by atoms with van der Waals surface area (Å²) in [6.07, 6.45) is -3.52. The fourth-order valence-electron chi connectivity index (χ4n) is 4.70. The molecule has 1 atom stereocenters. The normalized spacial score (nSPS) is 20.7. The second kappa shape index (κ2) is 9.35. The number of aliphatic imine (C=N–C) groups is 1. The monoisotopic (exact) mass is 537 g/mol. The molecule has 0 spiro atoms. The maximum absolute atomic E-state index is 16.3. The fourth-order valence-corrected chi connectivity index (χ4v) is 5.65. The number of halogens is 5. The molecule has 3 N–H and O–H groups in total. The van der Waals surface area contributed by atoms with Crippen LogP contribution in [0.3, 0.4) is 0 Å². The lowest BCUT2D eigenvalue weighted by Crippen LogP contribution is -2.44. The molecule has 13 heteroatoms. The second-order valence-electron chi connectivity index (χ2n) is 8.45. The summed E-state index contributed by atoms with van der Waals surface area (Å²) in [4.78, 5) is 5.94. The van der Waals surface area contributed by atoms with Gasteiger partial charge in [-0.15, -0.1) is 11.3 Å². The van der Waals surface area contributed by atoms with Crippen LogP contribution in [0, 0.1) is 17.1 Å². The Morgan fingerprint density at radius 1 is 1.27 bits per heavy atom. The van der Waals surface area contributed by atoms with Crippen molar-refractivity contribution in [2.24, 2.45) is 4.99 Å². The Labute approximate surface area is 211 Å². The summed E-state index contributed by atoms with van der Waals surface area (Å²) < 4.78 is 84.9. The largest absolute Gasteiger partial charge is 0.468 e. The minimum absolute atomic E-state index is 0.0278. The summed E-state index contributed by atoms with van der Waals surface area (Å²) in [6, 6.07) is 2.24. The molecule has 1 aliphatic carbocycles. The first-order chi connectivity index (χ1) is 17.7. The van der Waals surface area contributed by atoms with Crippen LogP contribution in [0.15, 0.2) is 46.0 Å². The third-order valence-electron chi connectivity index (χ3n) is 6.32. The van der Waals surface area contributed by atoms with E-state index in [1.165, 1.54) is 7.11 Å². The van der Waals surface area contributed by atoms with Crippen LogP contribution in [0.25, 0.3) is 15.7 Å². The van der Waals surface area contributed by atoms with E-state index in [0.717, 1.165) is 18.2 Å². The van der Waals surface area contributed by atoms with Gasteiger partial charge in [0, 0.05) is 36.2 Å². The molecule has 3 heterocycles. The van der Waals surface area contributed by atoms with E-state index in [0.29, 0.717) is 44.1 Å². The fraction of sp³-hybridized carbons (Fsp3) is 0.333. The van der Waals surface area contributed by atoms with Gasteiger partial charge >= 0.3 is 6.18 Å². The smallest absolute Gasteiger partial charge is 0.417 e. The zero-order valence-electron chi connectivity index (χ0n) is 19.4. The van der Waals surface area contributed by atoms with Gasteiger partial charge in [-0.1, -0.05) is 6.07 Å². The van der Waals surface area contributed by atoms with Gasteiger partial charge in [0.2, 0.25) is 0 Å². The van der Waals surface area contributed by atoms with E-state index in [9.17, 15) is 22.8 Å². The summed E-state index contributed by atoms with van der Waals surface area (Å²) in [5, 5.41) is 12.2. The number of nitriles is 1. The first-order valence-corrected chi connectivity index (χ1v) is 12.0. The van der Waals surface area contributed by atoms with E-state index in [1.54, 1.807) is 4.90 Å². The summed E-state index contributed by atoms with van der Waals surface area (Å²) in [7, 11) is 1.30.